The molecule has 2 rings (SSSR count). The van der Waals surface area contributed by atoms with Crippen LogP contribution < -0.4 is 5.73 Å². The van der Waals surface area contributed by atoms with Crippen LogP contribution >= 0.6 is 0 Å². The first kappa shape index (κ1) is 15.5. The predicted molar refractivity (Wildman–Crippen MR) is 81.8 cm³/mol. The van der Waals surface area contributed by atoms with E-state index in [-0.39, 0.29) is 5.82 Å². The molecule has 112 valence electrons. The van der Waals surface area contributed by atoms with E-state index < -0.39 is 0 Å². The van der Waals surface area contributed by atoms with Crippen molar-refractivity contribution < 1.29 is 4.39 Å². The number of hydrogen-bond acceptors (Lipinski definition) is 2. The lowest BCUT2D eigenvalue weighted by molar-refractivity contribution is 0.122. The van der Waals surface area contributed by atoms with Crippen molar-refractivity contribution in [3.05, 3.63) is 35.1 Å². The lowest BCUT2D eigenvalue weighted by Crippen LogP contribution is -2.36. The summed E-state index contributed by atoms with van der Waals surface area (Å²) in [5, 5.41) is 0. The molecule has 1 aliphatic rings. The molecule has 1 fully saturated rings. The summed E-state index contributed by atoms with van der Waals surface area (Å²) in [4.78, 5) is 2.30. The van der Waals surface area contributed by atoms with E-state index in [4.69, 9.17) is 5.73 Å². The average Bonchev–Trinajstić information content (AvgIpc) is 2.40. The van der Waals surface area contributed by atoms with Crippen molar-refractivity contribution >= 4 is 0 Å². The molecule has 0 spiro atoms. The van der Waals surface area contributed by atoms with Gasteiger partial charge in [-0.3, -0.25) is 4.90 Å². The number of nitrogens with two attached hydrogens (primary N) is 1. The van der Waals surface area contributed by atoms with Crippen LogP contribution in [0.2, 0.25) is 0 Å². The third kappa shape index (κ3) is 3.80. The summed E-state index contributed by atoms with van der Waals surface area (Å²) in [6.07, 6.45) is 4.95. The molecule has 3 heteroatoms. The largest absolute Gasteiger partial charge is 0.326 e. The van der Waals surface area contributed by atoms with Crippen molar-refractivity contribution in [3.8, 4) is 0 Å². The maximum atomic E-state index is 14.0. The molecule has 1 aromatic carbocycles. The first-order valence-electron chi connectivity index (χ1n) is 7.59. The summed E-state index contributed by atoms with van der Waals surface area (Å²) >= 11 is 0. The summed E-state index contributed by atoms with van der Waals surface area (Å²) in [5.41, 5.74) is 7.64. The van der Waals surface area contributed by atoms with Crippen molar-refractivity contribution in [3.63, 3.8) is 0 Å². The van der Waals surface area contributed by atoms with Gasteiger partial charge in [-0.15, -0.1) is 0 Å². The van der Waals surface area contributed by atoms with Gasteiger partial charge in [0, 0.05) is 24.7 Å². The lowest BCUT2D eigenvalue weighted by atomic mass is 9.75. The second-order valence-corrected chi connectivity index (χ2v) is 6.94. The van der Waals surface area contributed by atoms with Crippen molar-refractivity contribution in [1.82, 2.24) is 4.90 Å². The maximum Gasteiger partial charge on any atom is 0.128 e. The number of nitrogens with zero attached hydrogens (tertiary/aromatic N) is 1. The van der Waals surface area contributed by atoms with Gasteiger partial charge in [-0.25, -0.2) is 4.39 Å². The van der Waals surface area contributed by atoms with E-state index in [9.17, 15) is 4.39 Å². The highest BCUT2D eigenvalue weighted by Gasteiger charge is 2.28. The Bertz CT molecular complexity index is 446. The van der Waals surface area contributed by atoms with E-state index in [0.717, 1.165) is 11.1 Å². The van der Waals surface area contributed by atoms with Gasteiger partial charge in [-0.1, -0.05) is 26.0 Å². The summed E-state index contributed by atoms with van der Waals surface area (Å²) in [5.74, 6) is -0.129. The lowest BCUT2D eigenvalue weighted by Gasteiger charge is -2.38. The van der Waals surface area contributed by atoms with Gasteiger partial charge in [-0.2, -0.15) is 0 Å². The summed E-state index contributed by atoms with van der Waals surface area (Å²) < 4.78 is 14.0. The summed E-state index contributed by atoms with van der Waals surface area (Å²) in [7, 11) is 2.11. The first-order valence-corrected chi connectivity index (χ1v) is 7.59. The van der Waals surface area contributed by atoms with E-state index in [2.05, 4.69) is 25.8 Å². The van der Waals surface area contributed by atoms with E-state index in [1.807, 2.05) is 12.1 Å². The number of benzene rings is 1. The zero-order valence-corrected chi connectivity index (χ0v) is 13.0. The molecule has 0 saturated heterocycles. The molecular weight excluding hydrogens is 251 g/mol. The molecule has 0 heterocycles. The van der Waals surface area contributed by atoms with Crippen LogP contribution in [-0.2, 0) is 13.1 Å². The van der Waals surface area contributed by atoms with E-state index in [1.165, 1.54) is 25.7 Å². The average molecular weight is 278 g/mol. The Morgan fingerprint density at radius 2 is 1.95 bits per heavy atom. The molecule has 2 nitrogen and oxygen atoms in total. The highest BCUT2D eigenvalue weighted by atomic mass is 19.1. The van der Waals surface area contributed by atoms with Gasteiger partial charge in [-0.05, 0) is 49.8 Å². The molecule has 2 N–H and O–H groups in total. The highest BCUT2D eigenvalue weighted by molar-refractivity contribution is 5.24. The zero-order valence-electron chi connectivity index (χ0n) is 13.0. The molecule has 0 radical (unpaired) electrons. The van der Waals surface area contributed by atoms with Crippen LogP contribution in [0.3, 0.4) is 0 Å². The molecule has 1 aliphatic carbocycles. The van der Waals surface area contributed by atoms with Crippen LogP contribution in [0.15, 0.2) is 18.2 Å². The Kier molecular flexibility index (Phi) is 4.82. The highest BCUT2D eigenvalue weighted by Crippen LogP contribution is 2.36. The topological polar surface area (TPSA) is 29.3 Å². The first-order chi connectivity index (χ1) is 9.41. The molecule has 0 aromatic heterocycles. The summed E-state index contributed by atoms with van der Waals surface area (Å²) in [6.45, 7) is 5.76. The third-order valence-corrected chi connectivity index (χ3v) is 4.70. The third-order valence-electron chi connectivity index (χ3n) is 4.70. The smallest absolute Gasteiger partial charge is 0.128 e. The Balaban J connectivity index is 1.96. The Labute approximate surface area is 122 Å². The quantitative estimate of drug-likeness (QED) is 0.910. The summed E-state index contributed by atoms with van der Waals surface area (Å²) in [6, 6.07) is 5.95. The fourth-order valence-electron chi connectivity index (χ4n) is 3.07. The molecule has 20 heavy (non-hydrogen) atoms. The van der Waals surface area contributed by atoms with E-state index in [1.54, 1.807) is 6.07 Å². The Morgan fingerprint density at radius 1 is 1.30 bits per heavy atom. The number of rotatable bonds is 4. The minimum atomic E-state index is -0.129. The van der Waals surface area contributed by atoms with Crippen LogP contribution in [0.4, 0.5) is 4.39 Å². The van der Waals surface area contributed by atoms with Gasteiger partial charge in [0.15, 0.2) is 0 Å². The minimum absolute atomic E-state index is 0.129. The maximum absolute atomic E-state index is 14.0. The molecule has 0 amide bonds. The predicted octanol–water partition coefficient (Wildman–Crippen LogP) is 3.69. The van der Waals surface area contributed by atoms with Gasteiger partial charge < -0.3 is 5.73 Å². The molecule has 0 atom stereocenters. The molecule has 1 saturated carbocycles. The van der Waals surface area contributed by atoms with Gasteiger partial charge in [0.2, 0.25) is 0 Å². The fraction of sp³-hybridized carbons (Fsp3) is 0.647. The van der Waals surface area contributed by atoms with Crippen molar-refractivity contribution in [2.24, 2.45) is 11.1 Å². The van der Waals surface area contributed by atoms with Crippen LogP contribution in [0.25, 0.3) is 0 Å². The van der Waals surface area contributed by atoms with Crippen LogP contribution in [0, 0.1) is 11.2 Å². The number of hydrogen-bond donors (Lipinski definition) is 1. The van der Waals surface area contributed by atoms with Gasteiger partial charge in [0.1, 0.15) is 5.82 Å². The molecular formula is C17H27FN2. The molecule has 1 aromatic rings. The van der Waals surface area contributed by atoms with Gasteiger partial charge in [0.05, 0.1) is 0 Å². The van der Waals surface area contributed by atoms with Gasteiger partial charge in [0.25, 0.3) is 0 Å². The van der Waals surface area contributed by atoms with Gasteiger partial charge >= 0.3 is 0 Å². The van der Waals surface area contributed by atoms with Crippen molar-refractivity contribution in [2.75, 3.05) is 7.05 Å². The Hall–Kier alpha value is -0.930. The monoisotopic (exact) mass is 278 g/mol. The fourth-order valence-corrected chi connectivity index (χ4v) is 3.07. The zero-order chi connectivity index (χ0) is 14.8. The van der Waals surface area contributed by atoms with Crippen LogP contribution in [0.1, 0.15) is 50.7 Å². The standard InChI is InChI=1S/C17H27FN2/c1-17(2)8-6-15(7-9-17)20(3)12-14-5-4-13(11-19)10-16(14)18/h4-5,10,15H,6-9,11-12,19H2,1-3H3. The second kappa shape index (κ2) is 6.23. The van der Waals surface area contributed by atoms with Crippen molar-refractivity contribution in [1.29, 1.82) is 0 Å². The normalized spacial score (nSPS) is 19.5. The van der Waals surface area contributed by atoms with E-state index >= 15 is 0 Å². The molecule has 0 aliphatic heterocycles. The van der Waals surface area contributed by atoms with Crippen LogP contribution in [0.5, 0.6) is 0 Å². The van der Waals surface area contributed by atoms with E-state index in [0.29, 0.717) is 24.5 Å². The SMILES string of the molecule is CN(Cc1ccc(CN)cc1F)C1CCC(C)(C)CC1. The van der Waals surface area contributed by atoms with Crippen molar-refractivity contribution in [2.45, 2.75) is 58.7 Å². The Morgan fingerprint density at radius 3 is 2.50 bits per heavy atom. The molecule has 0 bridgehead atoms. The minimum Gasteiger partial charge on any atom is -0.326 e. The molecule has 0 unspecified atom stereocenters. The van der Waals surface area contributed by atoms with Crippen LogP contribution in [-0.4, -0.2) is 18.0 Å². The number of halogens is 1. The second-order valence-electron chi connectivity index (χ2n) is 6.94.